The molecule has 1 atom stereocenters. The van der Waals surface area contributed by atoms with E-state index in [2.05, 4.69) is 13.2 Å². The van der Waals surface area contributed by atoms with Crippen LogP contribution in [-0.2, 0) is 11.2 Å². The summed E-state index contributed by atoms with van der Waals surface area (Å²) in [5.41, 5.74) is 2.12. The van der Waals surface area contributed by atoms with Gasteiger partial charge in [0.25, 0.3) is 0 Å². The van der Waals surface area contributed by atoms with Gasteiger partial charge < -0.3 is 14.6 Å². The van der Waals surface area contributed by atoms with Gasteiger partial charge in [-0.15, -0.1) is 0 Å². The first-order valence-electron chi connectivity index (χ1n) is 6.75. The van der Waals surface area contributed by atoms with Crippen LogP contribution in [0.2, 0.25) is 0 Å². The third kappa shape index (κ3) is 7.90. The molecule has 1 aromatic rings. The third-order valence-corrected chi connectivity index (χ3v) is 2.71. The van der Waals surface area contributed by atoms with E-state index in [1.807, 2.05) is 37.3 Å². The first kappa shape index (κ1) is 18.9. The second kappa shape index (κ2) is 11.7. The summed E-state index contributed by atoms with van der Waals surface area (Å²) in [7, 11) is 1.00. The molecule has 0 spiro atoms. The molecule has 0 amide bonds. The summed E-state index contributed by atoms with van der Waals surface area (Å²) in [4.78, 5) is 10.6. The maximum atomic E-state index is 10.6. The van der Waals surface area contributed by atoms with Gasteiger partial charge in [0, 0.05) is 13.0 Å². The van der Waals surface area contributed by atoms with Gasteiger partial charge in [0.05, 0.1) is 0 Å². The van der Waals surface area contributed by atoms with Crippen molar-refractivity contribution >= 4 is 6.29 Å². The fourth-order valence-electron chi connectivity index (χ4n) is 1.63. The van der Waals surface area contributed by atoms with Gasteiger partial charge in [0.1, 0.15) is 18.6 Å². The van der Waals surface area contributed by atoms with Crippen LogP contribution in [0.15, 0.2) is 61.2 Å². The second-order valence-electron chi connectivity index (χ2n) is 4.43. The van der Waals surface area contributed by atoms with E-state index in [9.17, 15) is 4.79 Å². The minimum Gasteiger partial charge on any atom is -0.489 e. The maximum absolute atomic E-state index is 10.6. The van der Waals surface area contributed by atoms with Crippen LogP contribution in [0.25, 0.3) is 0 Å². The molecule has 3 nitrogen and oxygen atoms in total. The molecule has 0 radical (unpaired) electrons. The molecule has 114 valence electrons. The molecule has 0 aliphatic heterocycles. The third-order valence-electron chi connectivity index (χ3n) is 2.71. The van der Waals surface area contributed by atoms with Gasteiger partial charge in [0.2, 0.25) is 0 Å². The van der Waals surface area contributed by atoms with E-state index in [0.29, 0.717) is 6.61 Å². The maximum Gasteiger partial charge on any atom is 0.123 e. The number of aliphatic hydroxyl groups is 1. The highest BCUT2D eigenvalue weighted by Gasteiger charge is 2.02. The molecule has 0 saturated heterocycles. The zero-order chi connectivity index (χ0) is 16.1. The van der Waals surface area contributed by atoms with Crippen molar-refractivity contribution < 1.29 is 14.6 Å². The van der Waals surface area contributed by atoms with Gasteiger partial charge in [-0.05, 0) is 29.7 Å². The van der Waals surface area contributed by atoms with Gasteiger partial charge in [0.15, 0.2) is 0 Å². The SMILES string of the molecule is C=C/C=C(\C=C)COc1ccc(CC(C)C=O)cc1.CO. The van der Waals surface area contributed by atoms with Crippen molar-refractivity contribution in [1.82, 2.24) is 0 Å². The lowest BCUT2D eigenvalue weighted by Gasteiger charge is -2.08. The van der Waals surface area contributed by atoms with Crippen LogP contribution >= 0.6 is 0 Å². The van der Waals surface area contributed by atoms with Crippen LogP contribution in [0.1, 0.15) is 12.5 Å². The monoisotopic (exact) mass is 288 g/mol. The Morgan fingerprint density at radius 1 is 1.29 bits per heavy atom. The van der Waals surface area contributed by atoms with Gasteiger partial charge in [-0.3, -0.25) is 0 Å². The highest BCUT2D eigenvalue weighted by Crippen LogP contribution is 2.15. The fourth-order valence-corrected chi connectivity index (χ4v) is 1.63. The molecular formula is C18H24O3. The predicted octanol–water partition coefficient (Wildman–Crippen LogP) is 3.35. The van der Waals surface area contributed by atoms with Crippen LogP contribution in [0.3, 0.4) is 0 Å². The standard InChI is InChI=1S/C17H20O2.CH4O/c1-4-6-15(5-2)13-19-17-9-7-16(8-10-17)11-14(3)12-18;1-2/h4-10,12,14H,1-2,11,13H2,3H3;2H,1H3/b15-6+;. The lowest BCUT2D eigenvalue weighted by molar-refractivity contribution is -0.110. The molecule has 1 aromatic carbocycles. The molecule has 0 aliphatic rings. The highest BCUT2D eigenvalue weighted by atomic mass is 16.5. The van der Waals surface area contributed by atoms with E-state index in [1.165, 1.54) is 0 Å². The molecule has 0 aromatic heterocycles. The Morgan fingerprint density at radius 3 is 2.38 bits per heavy atom. The zero-order valence-electron chi connectivity index (χ0n) is 12.8. The first-order chi connectivity index (χ1) is 10.2. The summed E-state index contributed by atoms with van der Waals surface area (Å²) in [5.74, 6) is 0.856. The molecule has 0 fully saturated rings. The van der Waals surface area contributed by atoms with Crippen molar-refractivity contribution in [3.63, 3.8) is 0 Å². The van der Waals surface area contributed by atoms with E-state index >= 15 is 0 Å². The number of hydrogen-bond acceptors (Lipinski definition) is 3. The van der Waals surface area contributed by atoms with Gasteiger partial charge in [-0.25, -0.2) is 0 Å². The van der Waals surface area contributed by atoms with Crippen LogP contribution in [0.5, 0.6) is 5.75 Å². The van der Waals surface area contributed by atoms with Crippen LogP contribution in [0, 0.1) is 5.92 Å². The minimum atomic E-state index is 0.0506. The van der Waals surface area contributed by atoms with E-state index in [0.717, 1.165) is 36.7 Å². The van der Waals surface area contributed by atoms with Gasteiger partial charge in [-0.2, -0.15) is 0 Å². The summed E-state index contributed by atoms with van der Waals surface area (Å²) in [5, 5.41) is 7.00. The Morgan fingerprint density at radius 2 is 1.90 bits per heavy atom. The van der Waals surface area contributed by atoms with Gasteiger partial charge >= 0.3 is 0 Å². The van der Waals surface area contributed by atoms with E-state index in [4.69, 9.17) is 9.84 Å². The number of ether oxygens (including phenoxy) is 1. The van der Waals surface area contributed by atoms with Crippen molar-refractivity contribution in [2.24, 2.45) is 5.92 Å². The Bertz CT molecular complexity index is 458. The second-order valence-corrected chi connectivity index (χ2v) is 4.43. The number of benzene rings is 1. The van der Waals surface area contributed by atoms with Crippen molar-refractivity contribution in [2.45, 2.75) is 13.3 Å². The number of rotatable bonds is 8. The quantitative estimate of drug-likeness (QED) is 0.589. The number of allylic oxidation sites excluding steroid dienone is 2. The van der Waals surface area contributed by atoms with Crippen LogP contribution < -0.4 is 4.74 Å². The fraction of sp³-hybridized carbons (Fsp3) is 0.278. The molecule has 1 N–H and O–H groups in total. The molecule has 1 unspecified atom stereocenters. The summed E-state index contributed by atoms with van der Waals surface area (Å²) < 4.78 is 5.64. The molecule has 0 aliphatic carbocycles. The zero-order valence-corrected chi connectivity index (χ0v) is 12.8. The van der Waals surface area contributed by atoms with E-state index in [-0.39, 0.29) is 5.92 Å². The molecule has 0 bridgehead atoms. The van der Waals surface area contributed by atoms with Crippen molar-refractivity contribution in [3.8, 4) is 5.75 Å². The Hall–Kier alpha value is -2.13. The molecule has 0 heterocycles. The van der Waals surface area contributed by atoms with Crippen LogP contribution in [-0.4, -0.2) is 25.1 Å². The number of carbonyl (C=O) groups excluding carboxylic acids is 1. The average molecular weight is 288 g/mol. The molecular weight excluding hydrogens is 264 g/mol. The Labute approximate surface area is 127 Å². The number of hydrogen-bond donors (Lipinski definition) is 1. The number of carbonyl (C=O) groups is 1. The molecule has 3 heteroatoms. The largest absolute Gasteiger partial charge is 0.489 e. The van der Waals surface area contributed by atoms with Crippen molar-refractivity contribution in [1.29, 1.82) is 0 Å². The lowest BCUT2D eigenvalue weighted by atomic mass is 10.0. The summed E-state index contributed by atoms with van der Waals surface area (Å²) in [6.07, 6.45) is 7.07. The number of aldehydes is 1. The van der Waals surface area contributed by atoms with E-state index < -0.39 is 0 Å². The van der Waals surface area contributed by atoms with Crippen LogP contribution in [0.4, 0.5) is 0 Å². The number of aliphatic hydroxyl groups excluding tert-OH is 1. The Kier molecular flexibility index (Phi) is 10.5. The smallest absolute Gasteiger partial charge is 0.123 e. The van der Waals surface area contributed by atoms with Gasteiger partial charge in [-0.1, -0.05) is 50.4 Å². The van der Waals surface area contributed by atoms with Crippen molar-refractivity contribution in [3.05, 3.63) is 66.8 Å². The normalized spacial score (nSPS) is 11.7. The highest BCUT2D eigenvalue weighted by molar-refractivity contribution is 5.53. The Balaban J connectivity index is 0.00000191. The average Bonchev–Trinajstić information content (AvgIpc) is 2.54. The minimum absolute atomic E-state index is 0.0506. The molecule has 21 heavy (non-hydrogen) atoms. The van der Waals surface area contributed by atoms with Crippen molar-refractivity contribution in [2.75, 3.05) is 13.7 Å². The first-order valence-corrected chi connectivity index (χ1v) is 6.75. The topological polar surface area (TPSA) is 46.5 Å². The molecule has 0 saturated carbocycles. The summed E-state index contributed by atoms with van der Waals surface area (Å²) in [6.45, 7) is 9.74. The predicted molar refractivity (Wildman–Crippen MR) is 87.5 cm³/mol. The summed E-state index contributed by atoms with van der Waals surface area (Å²) >= 11 is 0. The van der Waals surface area contributed by atoms with E-state index in [1.54, 1.807) is 12.2 Å². The summed E-state index contributed by atoms with van der Waals surface area (Å²) in [6, 6.07) is 7.81. The molecule has 1 rings (SSSR count). The lowest BCUT2D eigenvalue weighted by Crippen LogP contribution is -2.01.